The van der Waals surface area contributed by atoms with E-state index in [1.165, 1.54) is 19.3 Å². The Morgan fingerprint density at radius 2 is 2.50 bits per heavy atom. The zero-order valence-corrected chi connectivity index (χ0v) is 11.6. The zero-order chi connectivity index (χ0) is 7.40. The van der Waals surface area contributed by atoms with E-state index in [4.69, 9.17) is 4.74 Å². The molecule has 0 N–H and O–H groups in total. The zero-order valence-electron chi connectivity index (χ0n) is 6.48. The molecule has 1 fully saturated rings. The van der Waals surface area contributed by atoms with Crippen molar-refractivity contribution in [3.05, 3.63) is 0 Å². The second-order valence-corrected chi connectivity index (χ2v) is 10.6. The van der Waals surface area contributed by atoms with Crippen LogP contribution in [0.3, 0.4) is 0 Å². The first kappa shape index (κ1) is 9.40. The molecule has 3 heteroatoms. The summed E-state index contributed by atoms with van der Waals surface area (Å²) in [5.74, 6) is 0. The first-order chi connectivity index (χ1) is 4.86. The standard InChI is InChI=1S/C7H13O.HI.Zn/c1-2-7-5-3-4-6-8-7;;/h3,7H,2,4-6H2,1H3;1H;/q;;+1/p-1. The van der Waals surface area contributed by atoms with E-state index in [-0.39, 0.29) is 13.6 Å². The Hall–Kier alpha value is 1.31. The van der Waals surface area contributed by atoms with E-state index < -0.39 is 0 Å². The van der Waals surface area contributed by atoms with Crippen LogP contribution in [0.5, 0.6) is 0 Å². The van der Waals surface area contributed by atoms with Gasteiger partial charge in [0.2, 0.25) is 0 Å². The molecular weight excluding hydrogens is 292 g/mol. The molecule has 0 spiro atoms. The van der Waals surface area contributed by atoms with Gasteiger partial charge >= 0.3 is 81.5 Å². The number of hydrogen-bond acceptors (Lipinski definition) is 1. The van der Waals surface area contributed by atoms with Crippen molar-refractivity contribution in [3.8, 4) is 0 Å². The monoisotopic (exact) mass is 304 g/mol. The summed E-state index contributed by atoms with van der Waals surface area (Å²) in [4.78, 5) is 0. The van der Waals surface area contributed by atoms with Gasteiger partial charge in [0.1, 0.15) is 0 Å². The third kappa shape index (κ3) is 2.74. The number of hydrogen-bond donors (Lipinski definition) is 0. The predicted octanol–water partition coefficient (Wildman–Crippen LogP) is 2.80. The second-order valence-electron chi connectivity index (χ2n) is 2.95. The van der Waals surface area contributed by atoms with Crippen molar-refractivity contribution in [2.24, 2.45) is 0 Å². The molecule has 10 heavy (non-hydrogen) atoms. The van der Waals surface area contributed by atoms with Crippen LogP contribution in [0.4, 0.5) is 0 Å². The summed E-state index contributed by atoms with van der Waals surface area (Å²) in [5.41, 5.74) is 0. The van der Waals surface area contributed by atoms with Crippen molar-refractivity contribution in [2.75, 3.05) is 6.61 Å². The Labute approximate surface area is 81.1 Å². The van der Waals surface area contributed by atoms with Crippen LogP contribution >= 0.6 is 19.8 Å². The molecule has 1 rings (SSSR count). The second kappa shape index (κ2) is 5.05. The van der Waals surface area contributed by atoms with Gasteiger partial charge in [0.25, 0.3) is 0 Å². The van der Waals surface area contributed by atoms with Crippen LogP contribution in [0.2, 0.25) is 4.51 Å². The third-order valence-corrected chi connectivity index (χ3v) is 11.1. The molecule has 0 aromatic carbocycles. The molecule has 2 atom stereocenters. The molecule has 2 unspecified atom stereocenters. The summed E-state index contributed by atoms with van der Waals surface area (Å²) in [5, 5.41) is 0. The SMILES string of the molecule is CCC1C[CH]([Zn][I])CCO1. The fourth-order valence-corrected chi connectivity index (χ4v) is 7.26. The molecule has 1 saturated heterocycles. The van der Waals surface area contributed by atoms with Gasteiger partial charge in [0, 0.05) is 0 Å². The van der Waals surface area contributed by atoms with Crippen molar-refractivity contribution in [1.29, 1.82) is 0 Å². The topological polar surface area (TPSA) is 9.23 Å². The van der Waals surface area contributed by atoms with Crippen molar-refractivity contribution < 1.29 is 18.3 Å². The summed E-state index contributed by atoms with van der Waals surface area (Å²) >= 11 is 2.50. The minimum atomic E-state index is -0.163. The van der Waals surface area contributed by atoms with Crippen LogP contribution in [0, 0.1) is 0 Å². The minimum absolute atomic E-state index is 0.163. The number of rotatable bonds is 2. The molecule has 1 aliphatic rings. The summed E-state index contributed by atoms with van der Waals surface area (Å²) in [6.45, 7) is 3.27. The van der Waals surface area contributed by atoms with Crippen LogP contribution < -0.4 is 0 Å². The van der Waals surface area contributed by atoms with E-state index in [0.717, 1.165) is 11.1 Å². The van der Waals surface area contributed by atoms with Crippen molar-refractivity contribution in [3.63, 3.8) is 0 Å². The Morgan fingerprint density at radius 3 is 3.10 bits per heavy atom. The quantitative estimate of drug-likeness (QED) is 0.563. The maximum atomic E-state index is 5.59. The van der Waals surface area contributed by atoms with E-state index in [9.17, 15) is 0 Å². The Kier molecular flexibility index (Phi) is 4.75. The van der Waals surface area contributed by atoms with Crippen LogP contribution in [-0.2, 0) is 18.3 Å². The van der Waals surface area contributed by atoms with Gasteiger partial charge in [-0.3, -0.25) is 0 Å². The molecule has 0 saturated carbocycles. The van der Waals surface area contributed by atoms with Gasteiger partial charge in [0.05, 0.1) is 0 Å². The van der Waals surface area contributed by atoms with Gasteiger partial charge in [-0.25, -0.2) is 0 Å². The van der Waals surface area contributed by atoms with Gasteiger partial charge in [-0.2, -0.15) is 0 Å². The Bertz CT molecular complexity index is 89.6. The Morgan fingerprint density at radius 1 is 1.70 bits per heavy atom. The molecular formula is C7H13IOZn. The Balaban J connectivity index is 2.25. The van der Waals surface area contributed by atoms with Gasteiger partial charge in [-0.15, -0.1) is 0 Å². The van der Waals surface area contributed by atoms with E-state index in [0.29, 0.717) is 6.10 Å². The molecule has 1 aliphatic heterocycles. The average molecular weight is 305 g/mol. The third-order valence-electron chi connectivity index (χ3n) is 2.15. The van der Waals surface area contributed by atoms with Gasteiger partial charge in [0.15, 0.2) is 0 Å². The van der Waals surface area contributed by atoms with E-state index in [1.807, 2.05) is 0 Å². The predicted molar refractivity (Wildman–Crippen MR) is 47.0 cm³/mol. The van der Waals surface area contributed by atoms with Crippen LogP contribution in [0.15, 0.2) is 0 Å². The number of halogens is 1. The normalized spacial score (nSPS) is 33.4. The first-order valence-electron chi connectivity index (χ1n) is 4.04. The van der Waals surface area contributed by atoms with Crippen molar-refractivity contribution in [1.82, 2.24) is 0 Å². The van der Waals surface area contributed by atoms with Crippen LogP contribution in [0.25, 0.3) is 0 Å². The van der Waals surface area contributed by atoms with Crippen LogP contribution in [0.1, 0.15) is 26.2 Å². The molecule has 0 radical (unpaired) electrons. The molecule has 0 aromatic rings. The van der Waals surface area contributed by atoms with Crippen molar-refractivity contribution >= 4 is 19.8 Å². The summed E-state index contributed by atoms with van der Waals surface area (Å²) in [6.07, 6.45) is 4.56. The fraction of sp³-hybridized carbons (Fsp3) is 1.00. The van der Waals surface area contributed by atoms with E-state index >= 15 is 0 Å². The molecule has 0 bridgehead atoms. The van der Waals surface area contributed by atoms with Gasteiger partial charge in [-0.05, 0) is 0 Å². The summed E-state index contributed by atoms with van der Waals surface area (Å²) in [7, 11) is 0. The molecule has 1 nitrogen and oxygen atoms in total. The number of ether oxygens (including phenoxy) is 1. The van der Waals surface area contributed by atoms with Crippen molar-refractivity contribution in [2.45, 2.75) is 36.8 Å². The molecule has 1 heterocycles. The molecule has 0 aromatic heterocycles. The van der Waals surface area contributed by atoms with Gasteiger partial charge < -0.3 is 0 Å². The summed E-state index contributed by atoms with van der Waals surface area (Å²) < 4.78 is 6.70. The van der Waals surface area contributed by atoms with Crippen LogP contribution in [-0.4, -0.2) is 12.7 Å². The summed E-state index contributed by atoms with van der Waals surface area (Å²) in [6, 6.07) is 0. The first-order valence-corrected chi connectivity index (χ1v) is 14.8. The van der Waals surface area contributed by atoms with E-state index in [1.54, 1.807) is 0 Å². The average Bonchev–Trinajstić information content (AvgIpc) is 2.05. The maximum absolute atomic E-state index is 5.59. The molecule has 0 aliphatic carbocycles. The van der Waals surface area contributed by atoms with Gasteiger partial charge in [-0.1, -0.05) is 0 Å². The molecule has 0 amide bonds. The van der Waals surface area contributed by atoms with E-state index in [2.05, 4.69) is 26.7 Å². The fourth-order valence-electron chi connectivity index (χ4n) is 1.38. The molecule has 56 valence electrons.